The highest BCUT2D eigenvalue weighted by Gasteiger charge is 2.28. The summed E-state index contributed by atoms with van der Waals surface area (Å²) >= 11 is 0. The van der Waals surface area contributed by atoms with Crippen LogP contribution >= 0.6 is 0 Å². The quantitative estimate of drug-likeness (QED) is 0.358. The average molecular weight is 317 g/mol. The minimum absolute atomic E-state index is 0.0103. The molecule has 0 spiro atoms. The van der Waals surface area contributed by atoms with Gasteiger partial charge in [-0.05, 0) is 12.3 Å². The maximum Gasteiger partial charge on any atom is 0.279 e. The second-order valence-corrected chi connectivity index (χ2v) is 6.10. The smallest absolute Gasteiger partial charge is 0.279 e. The Kier molecular flexibility index (Phi) is 8.66. The lowest BCUT2D eigenvalue weighted by Crippen LogP contribution is -2.71. The van der Waals surface area contributed by atoms with Gasteiger partial charge in [-0.1, -0.05) is 27.7 Å². The Balaban J connectivity index is 4.93. The van der Waals surface area contributed by atoms with Gasteiger partial charge in [-0.3, -0.25) is 9.59 Å². The number of carboxylic acid groups (broad SMARTS) is 1. The minimum Gasteiger partial charge on any atom is -0.548 e. The Morgan fingerprint density at radius 2 is 1.55 bits per heavy atom. The van der Waals surface area contributed by atoms with Gasteiger partial charge in [0.25, 0.3) is 5.91 Å². The number of carbonyl (C=O) groups is 3. The van der Waals surface area contributed by atoms with Crippen molar-refractivity contribution in [2.24, 2.45) is 11.8 Å². The van der Waals surface area contributed by atoms with Crippen LogP contribution in [0, 0.1) is 11.8 Å². The number of amides is 2. The van der Waals surface area contributed by atoms with Crippen LogP contribution in [0.2, 0.25) is 0 Å². The lowest BCUT2D eigenvalue weighted by Gasteiger charge is -2.25. The van der Waals surface area contributed by atoms with Gasteiger partial charge in [0.2, 0.25) is 5.91 Å². The van der Waals surface area contributed by atoms with Crippen LogP contribution < -0.4 is 21.5 Å². The summed E-state index contributed by atoms with van der Waals surface area (Å²) in [6, 6.07) is -2.90. The van der Waals surface area contributed by atoms with Gasteiger partial charge >= 0.3 is 0 Å². The summed E-state index contributed by atoms with van der Waals surface area (Å²) in [5.74, 6) is -2.50. The molecule has 0 aliphatic carbocycles. The molecule has 0 aromatic rings. The number of hydrogen-bond acceptors (Lipinski definition) is 5. The molecular weight excluding hydrogens is 290 g/mol. The van der Waals surface area contributed by atoms with E-state index in [2.05, 4.69) is 16.4 Å². The third-order valence-corrected chi connectivity index (χ3v) is 3.27. The van der Waals surface area contributed by atoms with E-state index in [1.54, 1.807) is 0 Å². The van der Waals surface area contributed by atoms with Crippen molar-refractivity contribution in [2.75, 3.05) is 6.61 Å². The highest BCUT2D eigenvalue weighted by Crippen LogP contribution is 2.06. The molecule has 0 rings (SSSR count). The molecule has 3 atom stereocenters. The Morgan fingerprint density at radius 3 is 1.91 bits per heavy atom. The number of aliphatic carboxylic acids is 1. The van der Waals surface area contributed by atoms with Crippen molar-refractivity contribution >= 4 is 17.8 Å². The van der Waals surface area contributed by atoms with Gasteiger partial charge in [0, 0.05) is 5.92 Å². The molecule has 0 saturated heterocycles. The molecule has 128 valence electrons. The first-order valence-corrected chi connectivity index (χ1v) is 7.35. The Hall–Kier alpha value is -1.67. The molecule has 6 N–H and O–H groups in total. The monoisotopic (exact) mass is 317 g/mol. The second kappa shape index (κ2) is 9.37. The molecule has 0 heterocycles. The molecule has 2 amide bonds. The first-order chi connectivity index (χ1) is 10.1. The highest BCUT2D eigenvalue weighted by atomic mass is 16.4. The maximum absolute atomic E-state index is 12.1. The van der Waals surface area contributed by atoms with E-state index in [1.165, 1.54) is 0 Å². The number of aliphatic hydroxyl groups excluding tert-OH is 1. The van der Waals surface area contributed by atoms with Gasteiger partial charge in [0.05, 0.1) is 18.6 Å². The number of carbonyl (C=O) groups excluding carboxylic acids is 3. The fourth-order valence-corrected chi connectivity index (χ4v) is 1.74. The topological polar surface area (TPSA) is 146 Å². The SMILES string of the molecule is CC(C)C[C@H](NC(=O)[C@@H]([NH3+])C(C)C)C(=O)N[C@@H](CO)C(=O)[O-]. The van der Waals surface area contributed by atoms with E-state index in [0.717, 1.165) is 0 Å². The van der Waals surface area contributed by atoms with Crippen molar-refractivity contribution in [3.63, 3.8) is 0 Å². The molecule has 0 fully saturated rings. The molecule has 0 aromatic carbocycles. The van der Waals surface area contributed by atoms with E-state index in [0.29, 0.717) is 6.42 Å². The van der Waals surface area contributed by atoms with E-state index >= 15 is 0 Å². The van der Waals surface area contributed by atoms with E-state index < -0.39 is 36.6 Å². The van der Waals surface area contributed by atoms with Crippen LogP contribution in [-0.2, 0) is 14.4 Å². The summed E-state index contributed by atoms with van der Waals surface area (Å²) in [4.78, 5) is 34.9. The van der Waals surface area contributed by atoms with Gasteiger partial charge in [-0.15, -0.1) is 0 Å². The van der Waals surface area contributed by atoms with Crippen LogP contribution in [0.5, 0.6) is 0 Å². The predicted molar refractivity (Wildman–Crippen MR) is 76.9 cm³/mol. The van der Waals surface area contributed by atoms with E-state index in [4.69, 9.17) is 5.11 Å². The molecule has 8 heteroatoms. The Bertz CT molecular complexity index is 398. The summed E-state index contributed by atoms with van der Waals surface area (Å²) < 4.78 is 0. The predicted octanol–water partition coefficient (Wildman–Crippen LogP) is -2.99. The zero-order valence-electron chi connectivity index (χ0n) is 13.6. The van der Waals surface area contributed by atoms with Crippen LogP contribution in [-0.4, -0.2) is 47.6 Å². The maximum atomic E-state index is 12.1. The molecule has 0 aliphatic rings. The standard InChI is InChI=1S/C14H27N3O5/c1-7(2)5-9(16-13(20)11(15)8(3)4)12(19)17-10(6-18)14(21)22/h7-11,18H,5-6,15H2,1-4H3,(H,16,20)(H,17,19)(H,21,22)/t9-,10-,11-/m0/s1. The van der Waals surface area contributed by atoms with Crippen molar-refractivity contribution in [1.82, 2.24) is 10.6 Å². The van der Waals surface area contributed by atoms with Gasteiger partial charge < -0.3 is 31.4 Å². The van der Waals surface area contributed by atoms with Gasteiger partial charge in [-0.25, -0.2) is 0 Å². The summed E-state index contributed by atoms with van der Waals surface area (Å²) in [5.41, 5.74) is 3.75. The second-order valence-electron chi connectivity index (χ2n) is 6.10. The number of quaternary nitrogens is 1. The number of aliphatic hydroxyl groups is 1. The molecule has 22 heavy (non-hydrogen) atoms. The third-order valence-electron chi connectivity index (χ3n) is 3.27. The van der Waals surface area contributed by atoms with Crippen molar-refractivity contribution < 1.29 is 30.3 Å². The van der Waals surface area contributed by atoms with Crippen LogP contribution in [0.3, 0.4) is 0 Å². The molecule has 0 unspecified atom stereocenters. The zero-order valence-corrected chi connectivity index (χ0v) is 13.6. The van der Waals surface area contributed by atoms with Crippen molar-refractivity contribution in [1.29, 1.82) is 0 Å². The first kappa shape index (κ1) is 20.3. The normalized spacial score (nSPS) is 15.3. The van der Waals surface area contributed by atoms with Crippen LogP contribution in [0.1, 0.15) is 34.1 Å². The Labute approximate surface area is 130 Å². The fraction of sp³-hybridized carbons (Fsp3) is 0.786. The van der Waals surface area contributed by atoms with Crippen LogP contribution in [0.15, 0.2) is 0 Å². The molecule has 0 bridgehead atoms. The number of rotatable bonds is 9. The van der Waals surface area contributed by atoms with Gasteiger partial charge in [0.1, 0.15) is 6.04 Å². The van der Waals surface area contributed by atoms with Crippen molar-refractivity contribution in [3.05, 3.63) is 0 Å². The van der Waals surface area contributed by atoms with E-state index in [9.17, 15) is 19.5 Å². The van der Waals surface area contributed by atoms with Gasteiger partial charge in [0.15, 0.2) is 6.04 Å². The van der Waals surface area contributed by atoms with E-state index in [1.807, 2.05) is 27.7 Å². The largest absolute Gasteiger partial charge is 0.548 e. The summed E-state index contributed by atoms with van der Waals surface area (Å²) in [5, 5.41) is 24.4. The third kappa shape index (κ3) is 6.86. The average Bonchev–Trinajstić information content (AvgIpc) is 2.41. The van der Waals surface area contributed by atoms with Crippen molar-refractivity contribution in [3.8, 4) is 0 Å². The zero-order chi connectivity index (χ0) is 17.4. The molecular formula is C14H27N3O5. The van der Waals surface area contributed by atoms with Crippen LogP contribution in [0.25, 0.3) is 0 Å². The first-order valence-electron chi connectivity index (χ1n) is 7.35. The summed E-state index contributed by atoms with van der Waals surface area (Å²) in [6.07, 6.45) is 0.341. The number of hydrogen-bond donors (Lipinski definition) is 4. The van der Waals surface area contributed by atoms with E-state index in [-0.39, 0.29) is 17.7 Å². The number of carboxylic acids is 1. The van der Waals surface area contributed by atoms with Crippen molar-refractivity contribution in [2.45, 2.75) is 52.2 Å². The molecule has 0 aromatic heterocycles. The summed E-state index contributed by atoms with van der Waals surface area (Å²) in [6.45, 7) is 6.65. The Morgan fingerprint density at radius 1 is 1.05 bits per heavy atom. The highest BCUT2D eigenvalue weighted by molar-refractivity contribution is 5.91. The molecule has 0 saturated carbocycles. The lowest BCUT2D eigenvalue weighted by atomic mass is 10.0. The minimum atomic E-state index is -1.58. The molecule has 0 aliphatic heterocycles. The van der Waals surface area contributed by atoms with Crippen LogP contribution in [0.4, 0.5) is 0 Å². The lowest BCUT2D eigenvalue weighted by molar-refractivity contribution is -0.414. The number of nitrogens with one attached hydrogen (secondary N) is 2. The fourth-order valence-electron chi connectivity index (χ4n) is 1.74. The van der Waals surface area contributed by atoms with Gasteiger partial charge in [-0.2, -0.15) is 0 Å². The summed E-state index contributed by atoms with van der Waals surface area (Å²) in [7, 11) is 0. The molecule has 8 nitrogen and oxygen atoms in total. The molecule has 0 radical (unpaired) electrons.